The molecule has 216 valence electrons. The summed E-state index contributed by atoms with van der Waals surface area (Å²) in [5, 5.41) is 3.83. The molecule has 1 saturated carbocycles. The number of rotatable bonds is 7. The van der Waals surface area contributed by atoms with Gasteiger partial charge in [-0.3, -0.25) is 14.0 Å². The number of hydrogen-bond acceptors (Lipinski definition) is 7. The SMILES string of the molecule is COc1ccc(-n2nc(C(F)(F)F)c3c2C(=O)N(c2ccc(C4(C5=NCCN5S(=O)(=O)OC)CC4)cc2)CC3)cc1. The molecule has 0 bridgehead atoms. The molecule has 14 heteroatoms. The largest absolute Gasteiger partial charge is 0.497 e. The van der Waals surface area contributed by atoms with E-state index < -0.39 is 33.5 Å². The summed E-state index contributed by atoms with van der Waals surface area (Å²) in [6.07, 6.45) is -3.35. The minimum Gasteiger partial charge on any atom is -0.497 e. The van der Waals surface area contributed by atoms with Crippen molar-refractivity contribution in [3.8, 4) is 11.4 Å². The molecule has 0 radical (unpaired) electrons. The molecule has 0 atom stereocenters. The van der Waals surface area contributed by atoms with Gasteiger partial charge in [0.1, 0.15) is 17.3 Å². The van der Waals surface area contributed by atoms with Crippen LogP contribution in [0.3, 0.4) is 0 Å². The van der Waals surface area contributed by atoms with E-state index in [2.05, 4.69) is 10.1 Å². The second-order valence-electron chi connectivity index (χ2n) is 10.0. The fraction of sp³-hybridized carbons (Fsp3) is 0.370. The maximum atomic E-state index is 13.9. The van der Waals surface area contributed by atoms with Crippen molar-refractivity contribution in [2.24, 2.45) is 4.99 Å². The quantitative estimate of drug-likeness (QED) is 0.416. The molecular weight excluding hydrogens is 563 g/mol. The van der Waals surface area contributed by atoms with Crippen LogP contribution in [-0.4, -0.2) is 68.1 Å². The molecule has 0 saturated heterocycles. The van der Waals surface area contributed by atoms with Crippen LogP contribution in [0, 0.1) is 0 Å². The second-order valence-corrected chi connectivity index (χ2v) is 11.7. The molecule has 6 rings (SSSR count). The first kappa shape index (κ1) is 27.3. The Hall–Kier alpha value is -3.91. The summed E-state index contributed by atoms with van der Waals surface area (Å²) in [6.45, 7) is 0.586. The number of carbonyl (C=O) groups is 1. The molecule has 1 aliphatic carbocycles. The number of anilines is 1. The zero-order valence-corrected chi connectivity index (χ0v) is 23.0. The molecule has 0 unspecified atom stereocenters. The fourth-order valence-electron chi connectivity index (χ4n) is 5.60. The van der Waals surface area contributed by atoms with E-state index in [-0.39, 0.29) is 30.8 Å². The van der Waals surface area contributed by atoms with Gasteiger partial charge >= 0.3 is 16.5 Å². The Morgan fingerprint density at radius 2 is 1.61 bits per heavy atom. The average Bonchev–Trinajstić information content (AvgIpc) is 3.41. The van der Waals surface area contributed by atoms with E-state index in [1.54, 1.807) is 36.4 Å². The zero-order valence-electron chi connectivity index (χ0n) is 22.2. The van der Waals surface area contributed by atoms with Gasteiger partial charge in [-0.15, -0.1) is 0 Å². The van der Waals surface area contributed by atoms with Gasteiger partial charge in [0, 0.05) is 17.8 Å². The highest BCUT2D eigenvalue weighted by Gasteiger charge is 2.54. The molecule has 3 aliphatic rings. The normalized spacial score (nSPS) is 18.4. The molecule has 41 heavy (non-hydrogen) atoms. The van der Waals surface area contributed by atoms with Gasteiger partial charge in [0.2, 0.25) is 0 Å². The van der Waals surface area contributed by atoms with Crippen LogP contribution in [-0.2, 0) is 32.5 Å². The highest BCUT2D eigenvalue weighted by Crippen LogP contribution is 2.51. The first-order chi connectivity index (χ1) is 19.5. The van der Waals surface area contributed by atoms with Crippen molar-refractivity contribution >= 4 is 27.7 Å². The Morgan fingerprint density at radius 3 is 2.20 bits per heavy atom. The van der Waals surface area contributed by atoms with Gasteiger partial charge in [-0.05, 0) is 61.2 Å². The van der Waals surface area contributed by atoms with Crippen molar-refractivity contribution in [3.05, 3.63) is 71.0 Å². The number of methoxy groups -OCH3 is 1. The maximum absolute atomic E-state index is 13.9. The molecule has 10 nitrogen and oxygen atoms in total. The number of halogens is 3. The van der Waals surface area contributed by atoms with Gasteiger partial charge in [-0.25, -0.2) is 8.99 Å². The fourth-order valence-corrected chi connectivity index (χ4v) is 6.53. The molecule has 3 heterocycles. The molecule has 0 spiro atoms. The number of amides is 1. The van der Waals surface area contributed by atoms with Crippen LogP contribution in [0.4, 0.5) is 18.9 Å². The molecule has 1 fully saturated rings. The number of amidine groups is 1. The van der Waals surface area contributed by atoms with Crippen molar-refractivity contribution in [1.29, 1.82) is 0 Å². The number of benzene rings is 2. The van der Waals surface area contributed by atoms with Crippen LogP contribution in [0.1, 0.15) is 40.2 Å². The Balaban J connectivity index is 1.33. The number of ether oxygens (including phenoxy) is 1. The average molecular weight is 590 g/mol. The first-order valence-corrected chi connectivity index (χ1v) is 14.3. The highest BCUT2D eigenvalue weighted by atomic mass is 32.2. The predicted molar refractivity (Wildman–Crippen MR) is 143 cm³/mol. The van der Waals surface area contributed by atoms with E-state index in [9.17, 15) is 26.4 Å². The summed E-state index contributed by atoms with van der Waals surface area (Å²) in [6, 6.07) is 13.3. The molecule has 1 aromatic heterocycles. The van der Waals surface area contributed by atoms with E-state index in [0.29, 0.717) is 42.3 Å². The Kier molecular flexibility index (Phi) is 6.37. The third-order valence-corrected chi connectivity index (χ3v) is 9.11. The Morgan fingerprint density at radius 1 is 0.951 bits per heavy atom. The number of fused-ring (bicyclic) bond motifs is 1. The van der Waals surface area contributed by atoms with Crippen molar-refractivity contribution in [2.75, 3.05) is 38.8 Å². The van der Waals surface area contributed by atoms with Crippen LogP contribution in [0.25, 0.3) is 5.69 Å². The number of aliphatic imine (C=N–C) groups is 1. The standard InChI is InChI=1S/C27H26F3N5O5S/c1-39-20-9-7-19(8-10-20)35-22-21(23(32-35)27(28,29)30)11-15-33(24(22)36)18-5-3-17(4-6-18)26(12-13-26)25-31-14-16-34(25)41(37,38)40-2/h3-10H,11-16H2,1-2H3. The van der Waals surface area contributed by atoms with Crippen molar-refractivity contribution < 1.29 is 35.3 Å². The van der Waals surface area contributed by atoms with Gasteiger partial charge < -0.3 is 9.64 Å². The van der Waals surface area contributed by atoms with E-state index in [1.165, 1.54) is 16.3 Å². The lowest BCUT2D eigenvalue weighted by Gasteiger charge is -2.29. The lowest BCUT2D eigenvalue weighted by molar-refractivity contribution is -0.141. The smallest absolute Gasteiger partial charge is 0.435 e. The third-order valence-electron chi connectivity index (χ3n) is 7.79. The number of carbonyl (C=O) groups excluding carboxylic acids is 1. The van der Waals surface area contributed by atoms with Gasteiger partial charge in [-0.2, -0.15) is 26.7 Å². The summed E-state index contributed by atoms with van der Waals surface area (Å²) < 4.78 is 78.7. The number of nitrogens with zero attached hydrogens (tertiary/aromatic N) is 5. The lowest BCUT2D eigenvalue weighted by Crippen LogP contribution is -2.41. The van der Waals surface area contributed by atoms with Gasteiger partial charge in [0.25, 0.3) is 5.91 Å². The van der Waals surface area contributed by atoms with E-state index in [4.69, 9.17) is 8.92 Å². The number of alkyl halides is 3. The van der Waals surface area contributed by atoms with Gasteiger partial charge in [0.15, 0.2) is 5.69 Å². The van der Waals surface area contributed by atoms with Crippen LogP contribution >= 0.6 is 0 Å². The summed E-state index contributed by atoms with van der Waals surface area (Å²) in [4.78, 5) is 19.6. The van der Waals surface area contributed by atoms with Crippen molar-refractivity contribution in [2.45, 2.75) is 30.9 Å². The minimum atomic E-state index is -4.72. The molecule has 1 amide bonds. The van der Waals surface area contributed by atoms with Crippen LogP contribution in [0.2, 0.25) is 0 Å². The summed E-state index contributed by atoms with van der Waals surface area (Å²) >= 11 is 0. The Labute approximate surface area is 234 Å². The van der Waals surface area contributed by atoms with E-state index in [1.807, 2.05) is 12.1 Å². The minimum absolute atomic E-state index is 0.0294. The molecule has 3 aromatic rings. The third kappa shape index (κ3) is 4.45. The number of hydrogen-bond donors (Lipinski definition) is 0. The van der Waals surface area contributed by atoms with Crippen LogP contribution in [0.5, 0.6) is 5.75 Å². The molecule has 2 aliphatic heterocycles. The monoisotopic (exact) mass is 589 g/mol. The van der Waals surface area contributed by atoms with Crippen LogP contribution in [0.15, 0.2) is 53.5 Å². The summed E-state index contributed by atoms with van der Waals surface area (Å²) in [5.41, 5.74) is -0.285. The van der Waals surface area contributed by atoms with Crippen molar-refractivity contribution in [3.63, 3.8) is 0 Å². The van der Waals surface area contributed by atoms with Crippen LogP contribution < -0.4 is 9.64 Å². The maximum Gasteiger partial charge on any atom is 0.435 e. The first-order valence-electron chi connectivity index (χ1n) is 12.9. The van der Waals surface area contributed by atoms with E-state index >= 15 is 0 Å². The molecule has 2 aromatic carbocycles. The van der Waals surface area contributed by atoms with Crippen molar-refractivity contribution in [1.82, 2.24) is 14.1 Å². The summed E-state index contributed by atoms with van der Waals surface area (Å²) in [5.74, 6) is 0.351. The molecule has 0 N–H and O–H groups in total. The molecular formula is C27H26F3N5O5S. The van der Waals surface area contributed by atoms with Gasteiger partial charge in [0.05, 0.1) is 38.4 Å². The van der Waals surface area contributed by atoms with Gasteiger partial charge in [-0.1, -0.05) is 12.1 Å². The lowest BCUT2D eigenvalue weighted by atomic mass is 9.94. The zero-order chi connectivity index (χ0) is 29.2. The Bertz CT molecular complexity index is 1650. The highest BCUT2D eigenvalue weighted by molar-refractivity contribution is 7.84. The number of aromatic nitrogens is 2. The predicted octanol–water partition coefficient (Wildman–Crippen LogP) is 3.74. The van der Waals surface area contributed by atoms with E-state index in [0.717, 1.165) is 17.4 Å². The topological polar surface area (TPSA) is 106 Å². The second kappa shape index (κ2) is 9.58. The summed E-state index contributed by atoms with van der Waals surface area (Å²) in [7, 11) is -1.36.